The van der Waals surface area contributed by atoms with Crippen LogP contribution >= 0.6 is 11.3 Å². The SMILES string of the molecule is c1cc(-c2ccccc2N(c2ccc(-c3cccc4sc5ccccc5c34)cc2)c2ccc3c4ccccc4c4ccccc4c3c2)cc(-c2cccc3ccccc23)c1. The summed E-state index contributed by atoms with van der Waals surface area (Å²) in [5.74, 6) is 0. The fourth-order valence-corrected chi connectivity index (χ4v) is 10.6. The van der Waals surface area contributed by atoms with Crippen LogP contribution in [-0.2, 0) is 0 Å². The van der Waals surface area contributed by atoms with Crippen molar-refractivity contribution in [2.75, 3.05) is 4.90 Å². The van der Waals surface area contributed by atoms with Gasteiger partial charge in [0.1, 0.15) is 0 Å². The molecule has 0 saturated carbocycles. The van der Waals surface area contributed by atoms with Gasteiger partial charge in [0, 0.05) is 37.1 Å². The molecule has 0 amide bonds. The largest absolute Gasteiger partial charge is 0.310 e. The molecule has 12 aromatic rings. The van der Waals surface area contributed by atoms with Crippen LogP contribution in [0.4, 0.5) is 17.1 Å². The van der Waals surface area contributed by atoms with Gasteiger partial charge in [0.2, 0.25) is 0 Å². The molecule has 0 aliphatic rings. The Morgan fingerprint density at radius 3 is 1.58 bits per heavy atom. The molecular weight excluding hydrogens is 743 g/mol. The summed E-state index contributed by atoms with van der Waals surface area (Å²) in [6, 6.07) is 82.6. The van der Waals surface area contributed by atoms with Crippen molar-refractivity contribution in [2.45, 2.75) is 0 Å². The molecule has 0 spiro atoms. The van der Waals surface area contributed by atoms with Crippen LogP contribution in [0.25, 0.3) is 96.6 Å². The highest BCUT2D eigenvalue weighted by molar-refractivity contribution is 7.25. The molecule has 280 valence electrons. The standard InChI is InChI=1S/C58H37NS/c1-2-18-44-38(14-1)15-12-25-45(44)40-16-11-17-41(36-40)46-19-7-9-27-55(46)59(43-34-35-52-50-22-4-3-20-48(50)49-21-5-6-23-51(49)54(52)37-43)42-32-30-39(31-33-42)47-26-13-29-57-58(47)53-24-8-10-28-56(53)60-57/h1-37H. The van der Waals surface area contributed by atoms with Crippen LogP contribution in [-0.4, -0.2) is 0 Å². The van der Waals surface area contributed by atoms with E-state index >= 15 is 0 Å². The van der Waals surface area contributed by atoms with Gasteiger partial charge in [0.25, 0.3) is 0 Å². The van der Waals surface area contributed by atoms with Gasteiger partial charge in [-0.3, -0.25) is 0 Å². The van der Waals surface area contributed by atoms with E-state index in [4.69, 9.17) is 0 Å². The second kappa shape index (κ2) is 14.1. The van der Waals surface area contributed by atoms with E-state index in [1.807, 2.05) is 11.3 Å². The van der Waals surface area contributed by atoms with Crippen molar-refractivity contribution in [3.05, 3.63) is 224 Å². The lowest BCUT2D eigenvalue weighted by atomic mass is 9.93. The van der Waals surface area contributed by atoms with E-state index in [2.05, 4.69) is 229 Å². The molecule has 0 aliphatic carbocycles. The molecular formula is C58H37NS. The Morgan fingerprint density at radius 2 is 0.800 bits per heavy atom. The lowest BCUT2D eigenvalue weighted by Gasteiger charge is -2.29. The Hall–Kier alpha value is -7.52. The zero-order valence-electron chi connectivity index (χ0n) is 32.7. The van der Waals surface area contributed by atoms with Gasteiger partial charge >= 0.3 is 0 Å². The smallest absolute Gasteiger partial charge is 0.0540 e. The zero-order chi connectivity index (χ0) is 39.6. The van der Waals surface area contributed by atoms with E-state index in [0.717, 1.165) is 17.1 Å². The predicted molar refractivity (Wildman–Crippen MR) is 260 cm³/mol. The number of hydrogen-bond donors (Lipinski definition) is 0. The Kier molecular flexibility index (Phi) is 8.11. The summed E-state index contributed by atoms with van der Waals surface area (Å²) in [7, 11) is 0. The molecule has 1 aromatic heterocycles. The zero-order valence-corrected chi connectivity index (χ0v) is 33.5. The molecule has 0 fully saturated rings. The Morgan fingerprint density at radius 1 is 0.283 bits per heavy atom. The molecule has 0 saturated heterocycles. The van der Waals surface area contributed by atoms with Crippen molar-refractivity contribution in [1.82, 2.24) is 0 Å². The van der Waals surface area contributed by atoms with E-state index in [-0.39, 0.29) is 0 Å². The summed E-state index contributed by atoms with van der Waals surface area (Å²) in [5.41, 5.74) is 10.6. The molecule has 0 atom stereocenters. The minimum atomic E-state index is 1.10. The van der Waals surface area contributed by atoms with Crippen LogP contribution in [0.15, 0.2) is 224 Å². The first-order valence-corrected chi connectivity index (χ1v) is 21.4. The Balaban J connectivity index is 1.06. The Labute approximate surface area is 352 Å². The number of nitrogens with zero attached hydrogens (tertiary/aromatic N) is 1. The molecule has 1 heterocycles. The summed E-state index contributed by atoms with van der Waals surface area (Å²) < 4.78 is 2.63. The van der Waals surface area contributed by atoms with Crippen molar-refractivity contribution in [2.24, 2.45) is 0 Å². The van der Waals surface area contributed by atoms with Crippen molar-refractivity contribution < 1.29 is 0 Å². The number of thiophene rings is 1. The molecule has 2 heteroatoms. The third-order valence-corrected chi connectivity index (χ3v) is 13.4. The second-order valence-corrected chi connectivity index (χ2v) is 16.7. The van der Waals surface area contributed by atoms with Gasteiger partial charge in [-0.15, -0.1) is 11.3 Å². The molecule has 1 nitrogen and oxygen atoms in total. The van der Waals surface area contributed by atoms with Crippen LogP contribution in [0.1, 0.15) is 0 Å². The summed E-state index contributed by atoms with van der Waals surface area (Å²) in [6.45, 7) is 0. The van der Waals surface area contributed by atoms with Crippen LogP contribution in [0.5, 0.6) is 0 Å². The van der Waals surface area contributed by atoms with Crippen molar-refractivity contribution in [1.29, 1.82) is 0 Å². The first kappa shape index (κ1) is 34.5. The minimum Gasteiger partial charge on any atom is -0.310 e. The third-order valence-electron chi connectivity index (χ3n) is 12.2. The van der Waals surface area contributed by atoms with Gasteiger partial charge in [0.15, 0.2) is 0 Å². The first-order chi connectivity index (χ1) is 29.8. The predicted octanol–water partition coefficient (Wildman–Crippen LogP) is 17.1. The second-order valence-electron chi connectivity index (χ2n) is 15.6. The number of anilines is 3. The third kappa shape index (κ3) is 5.61. The molecule has 0 N–H and O–H groups in total. The molecule has 0 unspecified atom stereocenters. The van der Waals surface area contributed by atoms with Crippen molar-refractivity contribution >= 4 is 91.7 Å². The molecule has 0 aliphatic heterocycles. The summed E-state index contributed by atoms with van der Waals surface area (Å²) in [6.07, 6.45) is 0. The highest BCUT2D eigenvalue weighted by Gasteiger charge is 2.20. The van der Waals surface area contributed by atoms with E-state index in [0.29, 0.717) is 0 Å². The maximum atomic E-state index is 2.45. The molecule has 60 heavy (non-hydrogen) atoms. The van der Waals surface area contributed by atoms with Crippen LogP contribution < -0.4 is 4.90 Å². The van der Waals surface area contributed by atoms with E-state index in [1.165, 1.54) is 96.6 Å². The lowest BCUT2D eigenvalue weighted by Crippen LogP contribution is -2.11. The first-order valence-electron chi connectivity index (χ1n) is 20.6. The summed E-state index contributed by atoms with van der Waals surface area (Å²) in [5, 5.41) is 12.7. The highest BCUT2D eigenvalue weighted by Crippen LogP contribution is 2.46. The fraction of sp³-hybridized carbons (Fsp3) is 0. The minimum absolute atomic E-state index is 1.10. The van der Waals surface area contributed by atoms with Crippen molar-refractivity contribution in [3.8, 4) is 33.4 Å². The Bertz CT molecular complexity index is 3570. The highest BCUT2D eigenvalue weighted by atomic mass is 32.1. The fourth-order valence-electron chi connectivity index (χ4n) is 9.51. The van der Waals surface area contributed by atoms with Gasteiger partial charge in [0.05, 0.1) is 5.69 Å². The molecule has 0 bridgehead atoms. The normalized spacial score (nSPS) is 11.7. The molecule has 0 radical (unpaired) electrons. The average Bonchev–Trinajstić information content (AvgIpc) is 3.71. The van der Waals surface area contributed by atoms with Crippen LogP contribution in [0.3, 0.4) is 0 Å². The lowest BCUT2D eigenvalue weighted by molar-refractivity contribution is 1.29. The number of para-hydroxylation sites is 1. The van der Waals surface area contributed by atoms with Crippen molar-refractivity contribution in [3.63, 3.8) is 0 Å². The maximum Gasteiger partial charge on any atom is 0.0540 e. The monoisotopic (exact) mass is 779 g/mol. The van der Waals surface area contributed by atoms with Gasteiger partial charge < -0.3 is 4.90 Å². The van der Waals surface area contributed by atoms with E-state index < -0.39 is 0 Å². The van der Waals surface area contributed by atoms with Crippen LogP contribution in [0.2, 0.25) is 0 Å². The topological polar surface area (TPSA) is 3.24 Å². The number of benzene rings is 11. The molecule has 11 aromatic carbocycles. The average molecular weight is 780 g/mol. The van der Waals surface area contributed by atoms with Gasteiger partial charge in [-0.1, -0.05) is 176 Å². The number of fused-ring (bicyclic) bond motifs is 10. The van der Waals surface area contributed by atoms with Gasteiger partial charge in [-0.2, -0.15) is 0 Å². The quantitative estimate of drug-likeness (QED) is 0.152. The summed E-state index contributed by atoms with van der Waals surface area (Å²) >= 11 is 1.87. The van der Waals surface area contributed by atoms with Crippen LogP contribution in [0, 0.1) is 0 Å². The van der Waals surface area contributed by atoms with E-state index in [9.17, 15) is 0 Å². The molecule has 12 rings (SSSR count). The van der Waals surface area contributed by atoms with E-state index in [1.54, 1.807) is 0 Å². The van der Waals surface area contributed by atoms with Gasteiger partial charge in [-0.05, 0) is 119 Å². The number of rotatable bonds is 6. The van der Waals surface area contributed by atoms with Gasteiger partial charge in [-0.25, -0.2) is 0 Å². The number of hydrogen-bond acceptors (Lipinski definition) is 2. The maximum absolute atomic E-state index is 2.45. The summed E-state index contributed by atoms with van der Waals surface area (Å²) in [4.78, 5) is 2.45.